The van der Waals surface area contributed by atoms with E-state index in [2.05, 4.69) is 4.18 Å². The Balaban J connectivity index is 2.39. The van der Waals surface area contributed by atoms with Crippen molar-refractivity contribution in [3.05, 3.63) is 40.6 Å². The van der Waals surface area contributed by atoms with Gasteiger partial charge in [0.1, 0.15) is 33.8 Å². The van der Waals surface area contributed by atoms with Gasteiger partial charge in [-0.25, -0.2) is 4.21 Å². The number of hydrogen-bond acceptors (Lipinski definition) is 9. The lowest BCUT2D eigenvalue weighted by molar-refractivity contribution is 0.373. The predicted octanol–water partition coefficient (Wildman–Crippen LogP) is 1.76. The number of phenolic OH excluding ortho intramolecular Hbond substituents is 3. The standard InChI is InChI=1S/C16H12O9S/c1-23-11-4-7(2-3-9(11)18)15-16(25-26(21)22)14(20)13-10(19)5-8(17)6-12(13)24-15/h2-6,17-19H,1H3,(H,21,22)/p-1. The highest BCUT2D eigenvalue weighted by Crippen LogP contribution is 2.38. The van der Waals surface area contributed by atoms with Crippen LogP contribution in [0.15, 0.2) is 39.5 Å². The smallest absolute Gasteiger partial charge is 0.240 e. The molecule has 0 fully saturated rings. The fraction of sp³-hybridized carbons (Fsp3) is 0.0625. The maximum atomic E-state index is 12.6. The molecule has 3 rings (SSSR count). The van der Waals surface area contributed by atoms with Crippen LogP contribution in [-0.2, 0) is 11.4 Å². The monoisotopic (exact) mass is 379 g/mol. The van der Waals surface area contributed by atoms with Crippen LogP contribution in [0.1, 0.15) is 0 Å². The SMILES string of the molecule is COc1cc(-c2oc3cc(O)cc(O)c3c(=O)c2OS(=O)[O-])ccc1O. The minimum Gasteiger partial charge on any atom is -0.740 e. The molecule has 9 nitrogen and oxygen atoms in total. The van der Waals surface area contributed by atoms with Gasteiger partial charge in [-0.15, -0.1) is 0 Å². The van der Waals surface area contributed by atoms with Gasteiger partial charge in [-0.2, -0.15) is 0 Å². The zero-order valence-corrected chi connectivity index (χ0v) is 13.9. The van der Waals surface area contributed by atoms with E-state index in [1.807, 2.05) is 0 Å². The molecule has 1 heterocycles. The number of fused-ring (bicyclic) bond motifs is 1. The second-order valence-electron chi connectivity index (χ2n) is 5.10. The zero-order chi connectivity index (χ0) is 19.0. The van der Waals surface area contributed by atoms with Gasteiger partial charge in [0.15, 0.2) is 17.3 Å². The molecule has 0 aliphatic carbocycles. The lowest BCUT2D eigenvalue weighted by Crippen LogP contribution is -2.12. The van der Waals surface area contributed by atoms with Crippen LogP contribution >= 0.6 is 0 Å². The maximum absolute atomic E-state index is 12.6. The van der Waals surface area contributed by atoms with Gasteiger partial charge in [-0.3, -0.25) is 4.79 Å². The Kier molecular flexibility index (Phi) is 4.45. The van der Waals surface area contributed by atoms with E-state index < -0.39 is 28.3 Å². The summed E-state index contributed by atoms with van der Waals surface area (Å²) in [4.78, 5) is 12.6. The first-order chi connectivity index (χ1) is 12.3. The van der Waals surface area contributed by atoms with Gasteiger partial charge in [-0.05, 0) is 18.2 Å². The average molecular weight is 379 g/mol. The van der Waals surface area contributed by atoms with Crippen LogP contribution in [0.5, 0.6) is 28.7 Å². The van der Waals surface area contributed by atoms with Crippen molar-refractivity contribution in [2.24, 2.45) is 0 Å². The van der Waals surface area contributed by atoms with Crippen LogP contribution < -0.4 is 14.3 Å². The number of aromatic hydroxyl groups is 3. The molecule has 2 aromatic carbocycles. The molecule has 1 aromatic heterocycles. The van der Waals surface area contributed by atoms with Gasteiger partial charge < -0.3 is 33.2 Å². The molecule has 0 saturated carbocycles. The van der Waals surface area contributed by atoms with Crippen molar-refractivity contribution >= 4 is 22.3 Å². The fourth-order valence-corrected chi connectivity index (χ4v) is 2.71. The highest BCUT2D eigenvalue weighted by molar-refractivity contribution is 7.74. The number of methoxy groups -OCH3 is 1. The lowest BCUT2D eigenvalue weighted by Gasteiger charge is -2.13. The maximum Gasteiger partial charge on any atom is 0.240 e. The summed E-state index contributed by atoms with van der Waals surface area (Å²) in [6, 6.07) is 5.86. The Labute approximate surface area is 148 Å². The largest absolute Gasteiger partial charge is 0.740 e. The van der Waals surface area contributed by atoms with Gasteiger partial charge in [0.25, 0.3) is 0 Å². The van der Waals surface area contributed by atoms with Crippen molar-refractivity contribution < 1.29 is 37.4 Å². The first kappa shape index (κ1) is 17.6. The highest BCUT2D eigenvalue weighted by atomic mass is 32.2. The molecule has 136 valence electrons. The number of hydrogen-bond donors (Lipinski definition) is 3. The molecule has 1 unspecified atom stereocenters. The number of ether oxygens (including phenoxy) is 1. The van der Waals surface area contributed by atoms with E-state index in [0.29, 0.717) is 0 Å². The molecule has 3 N–H and O–H groups in total. The van der Waals surface area contributed by atoms with E-state index in [0.717, 1.165) is 12.1 Å². The molecule has 0 amide bonds. The van der Waals surface area contributed by atoms with E-state index in [1.54, 1.807) is 0 Å². The highest BCUT2D eigenvalue weighted by Gasteiger charge is 2.22. The second-order valence-corrected chi connectivity index (χ2v) is 5.68. The number of benzene rings is 2. The van der Waals surface area contributed by atoms with Gasteiger partial charge in [0, 0.05) is 17.7 Å². The third kappa shape index (κ3) is 3.03. The van der Waals surface area contributed by atoms with Crippen molar-refractivity contribution in [1.29, 1.82) is 0 Å². The van der Waals surface area contributed by atoms with Crippen molar-refractivity contribution in [1.82, 2.24) is 0 Å². The Morgan fingerprint density at radius 3 is 2.50 bits per heavy atom. The number of rotatable bonds is 4. The summed E-state index contributed by atoms with van der Waals surface area (Å²) < 4.78 is 37.0. The quantitative estimate of drug-likeness (QED) is 0.576. The molecule has 0 saturated heterocycles. The van der Waals surface area contributed by atoms with Gasteiger partial charge >= 0.3 is 0 Å². The lowest BCUT2D eigenvalue weighted by atomic mass is 10.1. The molecule has 0 spiro atoms. The molecule has 0 bridgehead atoms. The molecular formula is C16H11O9S-. The predicted molar refractivity (Wildman–Crippen MR) is 89.0 cm³/mol. The molecule has 1 atom stereocenters. The van der Waals surface area contributed by atoms with Crippen molar-refractivity contribution in [3.8, 4) is 40.1 Å². The van der Waals surface area contributed by atoms with Crippen LogP contribution in [0.4, 0.5) is 0 Å². The minimum absolute atomic E-state index is 0.0400. The van der Waals surface area contributed by atoms with E-state index in [1.165, 1.54) is 25.3 Å². The van der Waals surface area contributed by atoms with Crippen molar-refractivity contribution in [2.75, 3.05) is 7.11 Å². The molecule has 10 heteroatoms. The summed E-state index contributed by atoms with van der Waals surface area (Å²) >= 11 is -3.10. The molecule has 0 radical (unpaired) electrons. The number of phenols is 3. The third-order valence-electron chi connectivity index (χ3n) is 3.51. The van der Waals surface area contributed by atoms with Crippen LogP contribution in [0.25, 0.3) is 22.3 Å². The summed E-state index contributed by atoms with van der Waals surface area (Å²) in [6.07, 6.45) is 0. The average Bonchev–Trinajstić information content (AvgIpc) is 2.56. The Bertz CT molecular complexity index is 1090. The van der Waals surface area contributed by atoms with E-state index in [9.17, 15) is 28.9 Å². The van der Waals surface area contributed by atoms with Gasteiger partial charge in [0.05, 0.1) is 7.11 Å². The summed E-state index contributed by atoms with van der Waals surface area (Å²) in [5, 5.41) is 28.8. The van der Waals surface area contributed by atoms with Crippen LogP contribution in [0.3, 0.4) is 0 Å². The van der Waals surface area contributed by atoms with Crippen molar-refractivity contribution in [3.63, 3.8) is 0 Å². The van der Waals surface area contributed by atoms with E-state index in [-0.39, 0.29) is 39.5 Å². The van der Waals surface area contributed by atoms with Crippen LogP contribution in [0.2, 0.25) is 0 Å². The van der Waals surface area contributed by atoms with Gasteiger partial charge in [0.2, 0.25) is 11.2 Å². The molecule has 3 aromatic rings. The first-order valence-electron chi connectivity index (χ1n) is 6.99. The third-order valence-corrected chi connectivity index (χ3v) is 3.81. The molecule has 0 aliphatic heterocycles. The van der Waals surface area contributed by atoms with Gasteiger partial charge in [-0.1, -0.05) is 0 Å². The molecular weight excluding hydrogens is 368 g/mol. The van der Waals surface area contributed by atoms with Crippen LogP contribution in [-0.4, -0.2) is 31.2 Å². The topological polar surface area (TPSA) is 149 Å². The molecule has 26 heavy (non-hydrogen) atoms. The van der Waals surface area contributed by atoms with E-state index >= 15 is 0 Å². The minimum atomic E-state index is -3.10. The molecule has 0 aliphatic rings. The summed E-state index contributed by atoms with van der Waals surface area (Å²) in [7, 11) is 1.30. The first-order valence-corrected chi connectivity index (χ1v) is 7.99. The summed E-state index contributed by atoms with van der Waals surface area (Å²) in [5.74, 6) is -2.11. The fourth-order valence-electron chi connectivity index (χ4n) is 2.42. The van der Waals surface area contributed by atoms with Crippen LogP contribution in [0, 0.1) is 0 Å². The normalized spacial score (nSPS) is 12.1. The second kappa shape index (κ2) is 6.58. The summed E-state index contributed by atoms with van der Waals surface area (Å²) in [5.41, 5.74) is -1.00. The summed E-state index contributed by atoms with van der Waals surface area (Å²) in [6.45, 7) is 0. The van der Waals surface area contributed by atoms with Crippen molar-refractivity contribution in [2.45, 2.75) is 0 Å². The Morgan fingerprint density at radius 1 is 1.12 bits per heavy atom. The van der Waals surface area contributed by atoms with E-state index in [4.69, 9.17) is 9.15 Å². The Morgan fingerprint density at radius 2 is 1.85 bits per heavy atom. The zero-order valence-electron chi connectivity index (χ0n) is 13.1. The Hall–Kier alpha value is -3.24.